The number of benzene rings is 1. The van der Waals surface area contributed by atoms with Gasteiger partial charge in [-0.1, -0.05) is 23.7 Å². The van der Waals surface area contributed by atoms with Crippen LogP contribution in [0.3, 0.4) is 0 Å². The molecule has 0 aliphatic heterocycles. The van der Waals surface area contributed by atoms with Gasteiger partial charge in [0.25, 0.3) is 0 Å². The third-order valence-electron chi connectivity index (χ3n) is 2.55. The smallest absolute Gasteiger partial charge is 0.244 e. The van der Waals surface area contributed by atoms with Crippen LogP contribution in [0.4, 0.5) is 0 Å². The van der Waals surface area contributed by atoms with Gasteiger partial charge in [-0.05, 0) is 43.0 Å². The highest BCUT2D eigenvalue weighted by Gasteiger charge is 2.22. The van der Waals surface area contributed by atoms with Crippen LogP contribution in [0.15, 0.2) is 30.3 Å². The minimum Gasteiger partial charge on any atom is -0.350 e. The predicted molar refractivity (Wildman–Crippen MR) is 66.3 cm³/mol. The molecular formula is C13H14ClNO. The number of allylic oxidation sites excluding steroid dienone is 1. The van der Waals surface area contributed by atoms with Crippen molar-refractivity contribution in [2.24, 2.45) is 0 Å². The maximum Gasteiger partial charge on any atom is 0.244 e. The van der Waals surface area contributed by atoms with Crippen molar-refractivity contribution in [2.45, 2.75) is 25.8 Å². The van der Waals surface area contributed by atoms with Crippen LogP contribution in [0.5, 0.6) is 0 Å². The number of amides is 1. The molecule has 0 spiro atoms. The van der Waals surface area contributed by atoms with Crippen molar-refractivity contribution in [3.05, 3.63) is 40.9 Å². The Morgan fingerprint density at radius 3 is 2.88 bits per heavy atom. The van der Waals surface area contributed by atoms with Gasteiger partial charge < -0.3 is 5.32 Å². The van der Waals surface area contributed by atoms with Gasteiger partial charge in [0.1, 0.15) is 0 Å². The molecule has 0 aromatic heterocycles. The molecule has 3 heteroatoms. The fourth-order valence-electron chi connectivity index (χ4n) is 1.48. The molecule has 16 heavy (non-hydrogen) atoms. The molecule has 2 nitrogen and oxygen atoms in total. The summed E-state index contributed by atoms with van der Waals surface area (Å²) in [5, 5.41) is 3.61. The summed E-state index contributed by atoms with van der Waals surface area (Å²) >= 11 is 5.89. The first-order valence-corrected chi connectivity index (χ1v) is 5.77. The topological polar surface area (TPSA) is 29.1 Å². The van der Waals surface area contributed by atoms with Crippen LogP contribution in [0.25, 0.3) is 5.57 Å². The van der Waals surface area contributed by atoms with Gasteiger partial charge in [-0.2, -0.15) is 0 Å². The molecule has 0 atom stereocenters. The first-order chi connectivity index (χ1) is 7.65. The highest BCUT2D eigenvalue weighted by atomic mass is 35.5. The standard InChI is InChI=1S/C13H14ClNO/c1-9(7-13(16)15-12-5-6-12)10-3-2-4-11(14)8-10/h2-4,7-8,12H,5-6H2,1H3,(H,15,16). The monoisotopic (exact) mass is 235 g/mol. The Labute approximate surface area is 100 Å². The van der Waals surface area contributed by atoms with Gasteiger partial charge in [-0.25, -0.2) is 0 Å². The van der Waals surface area contributed by atoms with Crippen LogP contribution >= 0.6 is 11.6 Å². The van der Waals surface area contributed by atoms with Crippen LogP contribution < -0.4 is 5.32 Å². The van der Waals surface area contributed by atoms with Crippen molar-refractivity contribution in [2.75, 3.05) is 0 Å². The third-order valence-corrected chi connectivity index (χ3v) is 2.79. The van der Waals surface area contributed by atoms with E-state index in [1.54, 1.807) is 6.08 Å². The van der Waals surface area contributed by atoms with Crippen molar-refractivity contribution in [3.63, 3.8) is 0 Å². The minimum atomic E-state index is -0.0139. The second-order valence-corrected chi connectivity index (χ2v) is 4.56. The molecule has 1 aromatic rings. The zero-order valence-electron chi connectivity index (χ0n) is 9.16. The largest absolute Gasteiger partial charge is 0.350 e. The van der Waals surface area contributed by atoms with Gasteiger partial charge in [0, 0.05) is 17.1 Å². The Balaban J connectivity index is 2.07. The molecule has 0 radical (unpaired) electrons. The zero-order chi connectivity index (χ0) is 11.5. The summed E-state index contributed by atoms with van der Waals surface area (Å²) in [6.07, 6.45) is 3.84. The summed E-state index contributed by atoms with van der Waals surface area (Å²) < 4.78 is 0. The number of carbonyl (C=O) groups excluding carboxylic acids is 1. The first kappa shape index (κ1) is 11.2. The van der Waals surface area contributed by atoms with Crippen LogP contribution in [-0.4, -0.2) is 11.9 Å². The van der Waals surface area contributed by atoms with Crippen LogP contribution in [0.1, 0.15) is 25.3 Å². The van der Waals surface area contributed by atoms with E-state index in [9.17, 15) is 4.79 Å². The summed E-state index contributed by atoms with van der Waals surface area (Å²) in [6.45, 7) is 1.91. The van der Waals surface area contributed by atoms with E-state index in [-0.39, 0.29) is 5.91 Å². The molecule has 0 unspecified atom stereocenters. The van der Waals surface area contributed by atoms with Crippen molar-refractivity contribution in [1.29, 1.82) is 0 Å². The van der Waals surface area contributed by atoms with Gasteiger partial charge in [0.15, 0.2) is 0 Å². The number of rotatable bonds is 3. The summed E-state index contributed by atoms with van der Waals surface area (Å²) in [5.41, 5.74) is 1.92. The highest BCUT2D eigenvalue weighted by molar-refractivity contribution is 6.30. The molecule has 1 saturated carbocycles. The van der Waals surface area contributed by atoms with E-state index in [1.807, 2.05) is 31.2 Å². The van der Waals surface area contributed by atoms with Gasteiger partial charge in [0.05, 0.1) is 0 Å². The van der Waals surface area contributed by atoms with E-state index in [2.05, 4.69) is 5.32 Å². The molecule has 1 fully saturated rings. The minimum absolute atomic E-state index is 0.0139. The second kappa shape index (κ2) is 4.71. The van der Waals surface area contributed by atoms with Crippen LogP contribution in [0, 0.1) is 0 Å². The quantitative estimate of drug-likeness (QED) is 0.802. The third kappa shape index (κ3) is 3.11. The van der Waals surface area contributed by atoms with E-state index < -0.39 is 0 Å². The van der Waals surface area contributed by atoms with Crippen LogP contribution in [0.2, 0.25) is 5.02 Å². The number of hydrogen-bond donors (Lipinski definition) is 1. The van der Waals surface area contributed by atoms with Gasteiger partial charge >= 0.3 is 0 Å². The predicted octanol–water partition coefficient (Wildman–Crippen LogP) is 3.02. The molecular weight excluding hydrogens is 222 g/mol. The number of hydrogen-bond acceptors (Lipinski definition) is 1. The number of carbonyl (C=O) groups is 1. The van der Waals surface area contributed by atoms with E-state index in [1.165, 1.54) is 0 Å². The normalized spacial score (nSPS) is 16.0. The molecule has 1 aromatic carbocycles. The average Bonchev–Trinajstić information content (AvgIpc) is 3.01. The summed E-state index contributed by atoms with van der Waals surface area (Å²) in [4.78, 5) is 11.5. The summed E-state index contributed by atoms with van der Waals surface area (Å²) in [6, 6.07) is 7.91. The number of halogens is 1. The Hall–Kier alpha value is -1.28. The Bertz CT molecular complexity index is 435. The van der Waals surface area contributed by atoms with E-state index in [0.29, 0.717) is 11.1 Å². The maximum absolute atomic E-state index is 11.5. The van der Waals surface area contributed by atoms with Crippen molar-refractivity contribution < 1.29 is 4.79 Å². The van der Waals surface area contributed by atoms with Gasteiger partial charge in [0.2, 0.25) is 5.91 Å². The number of nitrogens with one attached hydrogen (secondary N) is 1. The molecule has 1 N–H and O–H groups in total. The Morgan fingerprint density at radius 1 is 1.50 bits per heavy atom. The van der Waals surface area contributed by atoms with Gasteiger partial charge in [-0.15, -0.1) is 0 Å². The van der Waals surface area contributed by atoms with E-state index >= 15 is 0 Å². The molecule has 2 rings (SSSR count). The van der Waals surface area contributed by atoms with E-state index in [0.717, 1.165) is 24.0 Å². The molecule has 0 saturated heterocycles. The molecule has 1 aliphatic carbocycles. The first-order valence-electron chi connectivity index (χ1n) is 5.40. The Kier molecular flexibility index (Phi) is 3.30. The lowest BCUT2D eigenvalue weighted by Gasteiger charge is -2.03. The fourth-order valence-corrected chi connectivity index (χ4v) is 1.67. The van der Waals surface area contributed by atoms with Crippen molar-refractivity contribution >= 4 is 23.1 Å². The SMILES string of the molecule is CC(=CC(=O)NC1CC1)c1cccc(Cl)c1. The molecule has 1 aliphatic rings. The summed E-state index contributed by atoms with van der Waals surface area (Å²) in [5.74, 6) is -0.0139. The molecule has 1 amide bonds. The summed E-state index contributed by atoms with van der Waals surface area (Å²) in [7, 11) is 0. The van der Waals surface area contributed by atoms with Crippen molar-refractivity contribution in [3.8, 4) is 0 Å². The molecule has 0 bridgehead atoms. The maximum atomic E-state index is 11.5. The zero-order valence-corrected chi connectivity index (χ0v) is 9.92. The van der Waals surface area contributed by atoms with E-state index in [4.69, 9.17) is 11.6 Å². The lowest BCUT2D eigenvalue weighted by molar-refractivity contribution is -0.116. The molecule has 84 valence electrons. The molecule has 0 heterocycles. The van der Waals surface area contributed by atoms with Gasteiger partial charge in [-0.3, -0.25) is 4.79 Å². The average molecular weight is 236 g/mol. The lowest BCUT2D eigenvalue weighted by atomic mass is 10.1. The Morgan fingerprint density at radius 2 is 2.25 bits per heavy atom. The highest BCUT2D eigenvalue weighted by Crippen LogP contribution is 2.20. The fraction of sp³-hybridized carbons (Fsp3) is 0.308. The van der Waals surface area contributed by atoms with Crippen molar-refractivity contribution in [1.82, 2.24) is 5.32 Å². The van der Waals surface area contributed by atoms with Crippen LogP contribution in [-0.2, 0) is 4.79 Å². The second-order valence-electron chi connectivity index (χ2n) is 4.12. The lowest BCUT2D eigenvalue weighted by Crippen LogP contribution is -2.23.